The Kier molecular flexibility index (Phi) is 46.6. The van der Waals surface area contributed by atoms with Gasteiger partial charge < -0.3 is 20.1 Å². The molecule has 9 nitrogen and oxygen atoms in total. The van der Waals surface area contributed by atoms with Crippen molar-refractivity contribution in [1.82, 2.24) is 5.32 Å². The van der Waals surface area contributed by atoms with Gasteiger partial charge in [-0.2, -0.15) is 0 Å². The van der Waals surface area contributed by atoms with Gasteiger partial charge in [-0.1, -0.05) is 180 Å². The molecule has 0 saturated heterocycles. The number of allylic oxidation sites excluding steroid dienone is 22. The van der Waals surface area contributed by atoms with Crippen LogP contribution in [0.1, 0.15) is 168 Å². The lowest BCUT2D eigenvalue weighted by atomic mass is 10.1. The summed E-state index contributed by atoms with van der Waals surface area (Å²) in [5.74, 6) is -0.573. The molecule has 0 heterocycles. The minimum absolute atomic E-state index is 0.0555. The molecule has 1 amide bonds. The summed E-state index contributed by atoms with van der Waals surface area (Å²) in [7, 11) is -4.45. The maximum Gasteiger partial charge on any atom is 0.472 e. The summed E-state index contributed by atoms with van der Waals surface area (Å²) in [4.78, 5) is 34.1. The van der Waals surface area contributed by atoms with Crippen LogP contribution in [0.25, 0.3) is 0 Å². The molecule has 2 atom stereocenters. The molecule has 10 heteroatoms. The molecular weight excluding hydrogens is 834 g/mol. The number of phosphoric acid groups is 1. The van der Waals surface area contributed by atoms with Gasteiger partial charge in [-0.3, -0.25) is 18.6 Å². The Balaban J connectivity index is 3.70. The second-order valence-electron chi connectivity index (χ2n) is 15.7. The van der Waals surface area contributed by atoms with E-state index < -0.39 is 26.5 Å². The molecule has 0 aromatic heterocycles. The van der Waals surface area contributed by atoms with E-state index >= 15 is 0 Å². The molecule has 0 aliphatic rings. The van der Waals surface area contributed by atoms with E-state index in [1.165, 1.54) is 0 Å². The fourth-order valence-electron chi connectivity index (χ4n) is 5.94. The van der Waals surface area contributed by atoms with Crippen LogP contribution in [0.15, 0.2) is 134 Å². The minimum Gasteiger partial charge on any atom is -0.463 e. The lowest BCUT2D eigenvalue weighted by Crippen LogP contribution is -2.27. The molecule has 0 bridgehead atoms. The molecule has 0 aromatic carbocycles. The Morgan fingerprint density at radius 2 is 0.831 bits per heavy atom. The zero-order valence-electron chi connectivity index (χ0n) is 40.4. The molecule has 0 aromatic rings. The van der Waals surface area contributed by atoms with Gasteiger partial charge in [0.15, 0.2) is 0 Å². The quantitative estimate of drug-likeness (QED) is 0.0238. The fourth-order valence-corrected chi connectivity index (χ4v) is 6.70. The third kappa shape index (κ3) is 51.0. The van der Waals surface area contributed by atoms with Gasteiger partial charge in [0, 0.05) is 19.4 Å². The lowest BCUT2D eigenvalue weighted by molar-refractivity contribution is -0.147. The summed E-state index contributed by atoms with van der Waals surface area (Å²) >= 11 is 0. The molecule has 0 rings (SSSR count). The zero-order chi connectivity index (χ0) is 47.4. The molecule has 65 heavy (non-hydrogen) atoms. The number of hydrogen-bond acceptors (Lipinski definition) is 7. The maximum atomic E-state index is 12.1. The molecule has 0 fully saturated rings. The molecular formula is C55H88NO8P. The molecule has 366 valence electrons. The fraction of sp³-hybridized carbons (Fsp3) is 0.564. The van der Waals surface area contributed by atoms with Crippen LogP contribution in [-0.2, 0) is 27.9 Å². The van der Waals surface area contributed by atoms with Crippen molar-refractivity contribution in [3.05, 3.63) is 134 Å². The molecule has 3 N–H and O–H groups in total. The first-order valence-electron chi connectivity index (χ1n) is 24.7. The highest BCUT2D eigenvalue weighted by Gasteiger charge is 2.23. The predicted molar refractivity (Wildman–Crippen MR) is 274 cm³/mol. The summed E-state index contributed by atoms with van der Waals surface area (Å²) in [6.45, 7) is 3.25. The normalized spacial score (nSPS) is 14.3. The number of nitrogens with one attached hydrogen (secondary N) is 1. The number of carbonyl (C=O) groups excluding carboxylic acids is 2. The first-order valence-corrected chi connectivity index (χ1v) is 26.2. The number of ether oxygens (including phenoxy) is 1. The summed E-state index contributed by atoms with van der Waals surface area (Å²) in [5.41, 5.74) is 0. The third-order valence-corrected chi connectivity index (χ3v) is 10.6. The van der Waals surface area contributed by atoms with Gasteiger partial charge in [-0.05, 0) is 109 Å². The van der Waals surface area contributed by atoms with Crippen molar-refractivity contribution in [1.29, 1.82) is 0 Å². The van der Waals surface area contributed by atoms with Crippen molar-refractivity contribution in [2.45, 2.75) is 174 Å². The van der Waals surface area contributed by atoms with E-state index in [1.807, 2.05) is 0 Å². The molecule has 0 spiro atoms. The minimum atomic E-state index is -4.45. The second-order valence-corrected chi connectivity index (χ2v) is 17.1. The van der Waals surface area contributed by atoms with Crippen LogP contribution >= 0.6 is 7.82 Å². The first kappa shape index (κ1) is 61.1. The number of aliphatic hydroxyl groups is 1. The van der Waals surface area contributed by atoms with E-state index in [0.29, 0.717) is 12.8 Å². The Labute approximate surface area is 395 Å². The van der Waals surface area contributed by atoms with Crippen molar-refractivity contribution in [2.75, 3.05) is 26.4 Å². The highest BCUT2D eigenvalue weighted by Crippen LogP contribution is 2.42. The zero-order valence-corrected chi connectivity index (χ0v) is 41.3. The molecule has 0 saturated carbocycles. The number of phosphoric ester groups is 1. The van der Waals surface area contributed by atoms with Crippen LogP contribution in [0.5, 0.6) is 0 Å². The number of carbonyl (C=O) groups is 2. The largest absolute Gasteiger partial charge is 0.472 e. The highest BCUT2D eigenvalue weighted by atomic mass is 31.2. The summed E-state index contributed by atoms with van der Waals surface area (Å²) in [6.07, 6.45) is 69.5. The SMILES string of the molecule is CC/C=C\C/C=C\C/C=C\C/C=C\C/C=C\C/C=C\CCCCCCC(=O)NCCOP(=O)(O)OCC(O)COC(=O)CCCCCCC/C=C\C/C=C\C/C=C\C/C=C\C/C=C\CC. The van der Waals surface area contributed by atoms with Gasteiger partial charge in [0.05, 0.1) is 13.2 Å². The van der Waals surface area contributed by atoms with E-state index in [4.69, 9.17) is 13.8 Å². The molecule has 0 aliphatic carbocycles. The van der Waals surface area contributed by atoms with E-state index in [9.17, 15) is 24.2 Å². The number of aliphatic hydroxyl groups excluding tert-OH is 1. The van der Waals surface area contributed by atoms with Crippen LogP contribution in [-0.4, -0.2) is 54.3 Å². The van der Waals surface area contributed by atoms with Crippen molar-refractivity contribution in [3.63, 3.8) is 0 Å². The monoisotopic (exact) mass is 922 g/mol. The third-order valence-electron chi connectivity index (χ3n) is 9.58. The number of rotatable bonds is 44. The Hall–Kier alpha value is -3.85. The van der Waals surface area contributed by atoms with E-state index in [-0.39, 0.29) is 32.1 Å². The Bertz CT molecular complexity index is 1520. The van der Waals surface area contributed by atoms with Gasteiger partial charge in [0.25, 0.3) is 0 Å². The van der Waals surface area contributed by atoms with Gasteiger partial charge in [0.1, 0.15) is 12.7 Å². The average Bonchev–Trinajstić information content (AvgIpc) is 3.29. The van der Waals surface area contributed by atoms with Gasteiger partial charge in [-0.15, -0.1) is 0 Å². The van der Waals surface area contributed by atoms with Crippen molar-refractivity contribution >= 4 is 19.7 Å². The summed E-state index contributed by atoms with van der Waals surface area (Å²) in [5, 5.41) is 12.7. The molecule has 2 unspecified atom stereocenters. The van der Waals surface area contributed by atoms with Crippen molar-refractivity contribution < 1.29 is 37.9 Å². The lowest BCUT2D eigenvalue weighted by Gasteiger charge is -2.15. The van der Waals surface area contributed by atoms with Crippen LogP contribution in [0.2, 0.25) is 0 Å². The predicted octanol–water partition coefficient (Wildman–Crippen LogP) is 14.7. The number of esters is 1. The number of amides is 1. The van der Waals surface area contributed by atoms with Crippen LogP contribution in [0.4, 0.5) is 0 Å². The van der Waals surface area contributed by atoms with Crippen LogP contribution in [0, 0.1) is 0 Å². The topological polar surface area (TPSA) is 131 Å². The van der Waals surface area contributed by atoms with Gasteiger partial charge in [-0.25, -0.2) is 4.57 Å². The standard InChI is InChI=1S/C55H88NO8P/c1-3-5-7-9-11-13-15-17-19-21-23-25-26-28-29-31-33-35-37-39-41-43-45-47-54(58)56-49-50-63-65(60,61)64-52-53(57)51-62-55(59)48-46-44-42-40-38-36-34-32-30-27-24-22-20-18-16-14-12-10-8-6-4-2/h5-8,11-14,17-20,23-25,27-29,32-35,53,57H,3-4,9-10,15-16,21-22,26,30-31,36-52H2,1-2H3,(H,56,58)(H,60,61)/b7-5-,8-6-,13-11-,14-12-,19-17-,20-18-,25-23-,27-24-,29-28-,34-32-,35-33-. The molecule has 0 radical (unpaired) electrons. The van der Waals surface area contributed by atoms with Gasteiger partial charge in [0.2, 0.25) is 5.91 Å². The van der Waals surface area contributed by atoms with E-state index in [1.54, 1.807) is 0 Å². The van der Waals surface area contributed by atoms with Gasteiger partial charge >= 0.3 is 13.8 Å². The number of unbranched alkanes of at least 4 members (excludes halogenated alkanes) is 9. The first-order chi connectivity index (χ1) is 31.8. The smallest absolute Gasteiger partial charge is 0.463 e. The highest BCUT2D eigenvalue weighted by molar-refractivity contribution is 7.47. The van der Waals surface area contributed by atoms with Crippen LogP contribution < -0.4 is 5.32 Å². The number of hydrogen-bond donors (Lipinski definition) is 3. The summed E-state index contributed by atoms with van der Waals surface area (Å²) < 4.78 is 26.9. The maximum absolute atomic E-state index is 12.1. The van der Waals surface area contributed by atoms with E-state index in [2.05, 4.69) is 153 Å². The molecule has 0 aliphatic heterocycles. The van der Waals surface area contributed by atoms with Crippen LogP contribution in [0.3, 0.4) is 0 Å². The Morgan fingerprint density at radius 1 is 0.477 bits per heavy atom. The summed E-state index contributed by atoms with van der Waals surface area (Å²) in [6, 6.07) is 0. The van der Waals surface area contributed by atoms with E-state index in [0.717, 1.165) is 135 Å². The second kappa shape index (κ2) is 49.6. The van der Waals surface area contributed by atoms with Crippen molar-refractivity contribution in [2.24, 2.45) is 0 Å². The van der Waals surface area contributed by atoms with Crippen molar-refractivity contribution in [3.8, 4) is 0 Å². The average molecular weight is 922 g/mol. The Morgan fingerprint density at radius 3 is 1.25 bits per heavy atom.